The van der Waals surface area contributed by atoms with Gasteiger partial charge in [0.2, 0.25) is 0 Å². The fourth-order valence-electron chi connectivity index (χ4n) is 2.51. The van der Waals surface area contributed by atoms with Crippen LogP contribution in [-0.2, 0) is 4.74 Å². The quantitative estimate of drug-likeness (QED) is 0.783. The molecule has 0 aromatic heterocycles. The SMILES string of the molecule is CC(c1ccc(Cl)cc1)N(C)CCNCC1CCCO1. The summed E-state index contributed by atoms with van der Waals surface area (Å²) in [7, 11) is 2.16. The van der Waals surface area contributed by atoms with Crippen LogP contribution >= 0.6 is 11.6 Å². The number of halogens is 1. The summed E-state index contributed by atoms with van der Waals surface area (Å²) in [5, 5.41) is 4.28. The Morgan fingerprint density at radius 2 is 2.15 bits per heavy atom. The molecule has 0 aliphatic carbocycles. The molecule has 1 aromatic rings. The summed E-state index contributed by atoms with van der Waals surface area (Å²) in [6.45, 7) is 6.15. The highest BCUT2D eigenvalue weighted by atomic mass is 35.5. The van der Waals surface area contributed by atoms with Gasteiger partial charge in [-0.2, -0.15) is 0 Å². The summed E-state index contributed by atoms with van der Waals surface area (Å²) in [5.41, 5.74) is 1.30. The Kier molecular flexibility index (Phi) is 6.30. The van der Waals surface area contributed by atoms with Crippen molar-refractivity contribution in [3.05, 3.63) is 34.9 Å². The van der Waals surface area contributed by atoms with E-state index in [2.05, 4.69) is 36.3 Å². The van der Waals surface area contributed by atoms with Crippen LogP contribution in [0, 0.1) is 0 Å². The smallest absolute Gasteiger partial charge is 0.0700 e. The van der Waals surface area contributed by atoms with Crippen molar-refractivity contribution in [1.29, 1.82) is 0 Å². The highest BCUT2D eigenvalue weighted by Crippen LogP contribution is 2.20. The Hall–Kier alpha value is -0.610. The standard InChI is InChI=1S/C16H25ClN2O/c1-13(14-5-7-15(17)8-6-14)19(2)10-9-18-12-16-4-3-11-20-16/h5-8,13,16,18H,3-4,9-12H2,1-2H3. The molecule has 1 aliphatic heterocycles. The molecular weight excluding hydrogens is 272 g/mol. The first-order chi connectivity index (χ1) is 9.66. The normalized spacial score (nSPS) is 20.5. The fraction of sp³-hybridized carbons (Fsp3) is 0.625. The molecule has 2 rings (SSSR count). The molecule has 0 spiro atoms. The van der Waals surface area contributed by atoms with Gasteiger partial charge in [-0.25, -0.2) is 0 Å². The number of ether oxygens (including phenoxy) is 1. The third kappa shape index (κ3) is 4.74. The zero-order valence-electron chi connectivity index (χ0n) is 12.4. The maximum Gasteiger partial charge on any atom is 0.0700 e. The van der Waals surface area contributed by atoms with E-state index in [1.807, 2.05) is 12.1 Å². The third-order valence-electron chi connectivity index (χ3n) is 4.05. The van der Waals surface area contributed by atoms with Crippen LogP contribution < -0.4 is 5.32 Å². The minimum atomic E-state index is 0.400. The van der Waals surface area contributed by atoms with Gasteiger partial charge in [0.1, 0.15) is 0 Å². The molecule has 112 valence electrons. The summed E-state index contributed by atoms with van der Waals surface area (Å²) in [5.74, 6) is 0. The first-order valence-electron chi connectivity index (χ1n) is 7.45. The zero-order valence-corrected chi connectivity index (χ0v) is 13.2. The lowest BCUT2D eigenvalue weighted by Crippen LogP contribution is -2.34. The molecule has 1 N–H and O–H groups in total. The molecule has 1 heterocycles. The van der Waals surface area contributed by atoms with Gasteiger partial charge in [0.15, 0.2) is 0 Å². The van der Waals surface area contributed by atoms with Crippen LogP contribution in [0.15, 0.2) is 24.3 Å². The third-order valence-corrected chi connectivity index (χ3v) is 4.30. The van der Waals surface area contributed by atoms with Crippen LogP contribution in [-0.4, -0.2) is 44.3 Å². The summed E-state index contributed by atoms with van der Waals surface area (Å²) < 4.78 is 5.60. The molecule has 0 saturated carbocycles. The van der Waals surface area contributed by atoms with Crippen LogP contribution in [0.2, 0.25) is 5.02 Å². The highest BCUT2D eigenvalue weighted by molar-refractivity contribution is 6.30. The van der Waals surface area contributed by atoms with Crippen molar-refractivity contribution in [3.63, 3.8) is 0 Å². The topological polar surface area (TPSA) is 24.5 Å². The van der Waals surface area contributed by atoms with Crippen molar-refractivity contribution in [2.45, 2.75) is 31.9 Å². The van der Waals surface area contributed by atoms with Gasteiger partial charge >= 0.3 is 0 Å². The molecule has 1 saturated heterocycles. The van der Waals surface area contributed by atoms with Crippen LogP contribution in [0.25, 0.3) is 0 Å². The molecule has 4 heteroatoms. The lowest BCUT2D eigenvalue weighted by atomic mass is 10.1. The lowest BCUT2D eigenvalue weighted by molar-refractivity contribution is 0.109. The number of nitrogens with one attached hydrogen (secondary N) is 1. The summed E-state index contributed by atoms with van der Waals surface area (Å²) in [6, 6.07) is 8.51. The fourth-order valence-corrected chi connectivity index (χ4v) is 2.64. The maximum absolute atomic E-state index is 5.93. The van der Waals surface area contributed by atoms with Crippen molar-refractivity contribution in [2.24, 2.45) is 0 Å². The number of nitrogens with zero attached hydrogens (tertiary/aromatic N) is 1. The lowest BCUT2D eigenvalue weighted by Gasteiger charge is -2.25. The molecule has 1 aliphatic rings. The molecule has 3 nitrogen and oxygen atoms in total. The summed E-state index contributed by atoms with van der Waals surface area (Å²) in [4.78, 5) is 2.35. The molecule has 0 bridgehead atoms. The molecule has 0 radical (unpaired) electrons. The van der Waals surface area contributed by atoms with E-state index < -0.39 is 0 Å². The average Bonchev–Trinajstić information content (AvgIpc) is 2.96. The maximum atomic E-state index is 5.93. The second kappa shape index (κ2) is 7.99. The van der Waals surface area contributed by atoms with E-state index in [0.717, 1.165) is 31.3 Å². The van der Waals surface area contributed by atoms with E-state index >= 15 is 0 Å². The molecular formula is C16H25ClN2O. The first-order valence-corrected chi connectivity index (χ1v) is 7.82. The second-order valence-corrected chi connectivity index (χ2v) is 5.98. The predicted molar refractivity (Wildman–Crippen MR) is 84.3 cm³/mol. The molecule has 1 aromatic carbocycles. The first kappa shape index (κ1) is 15.8. The van der Waals surface area contributed by atoms with Gasteiger partial charge in [0.05, 0.1) is 6.10 Å². The minimum absolute atomic E-state index is 0.400. The number of hydrogen-bond acceptors (Lipinski definition) is 3. The van der Waals surface area contributed by atoms with Crippen LogP contribution in [0.5, 0.6) is 0 Å². The van der Waals surface area contributed by atoms with Gasteiger partial charge in [0, 0.05) is 37.3 Å². The van der Waals surface area contributed by atoms with Crippen LogP contribution in [0.3, 0.4) is 0 Å². The van der Waals surface area contributed by atoms with E-state index in [4.69, 9.17) is 16.3 Å². The largest absolute Gasteiger partial charge is 0.377 e. The van der Waals surface area contributed by atoms with Crippen molar-refractivity contribution in [1.82, 2.24) is 10.2 Å². The number of likely N-dealkylation sites (N-methyl/N-ethyl adjacent to an activating group) is 1. The Balaban J connectivity index is 1.68. The minimum Gasteiger partial charge on any atom is -0.377 e. The number of rotatable bonds is 7. The van der Waals surface area contributed by atoms with Gasteiger partial charge in [0.25, 0.3) is 0 Å². The van der Waals surface area contributed by atoms with E-state index in [1.165, 1.54) is 18.4 Å². The van der Waals surface area contributed by atoms with Gasteiger partial charge in [-0.1, -0.05) is 23.7 Å². The Labute approximate surface area is 127 Å². The Bertz CT molecular complexity index is 390. The van der Waals surface area contributed by atoms with Crippen molar-refractivity contribution >= 4 is 11.6 Å². The number of hydrogen-bond donors (Lipinski definition) is 1. The van der Waals surface area contributed by atoms with Crippen molar-refractivity contribution in [3.8, 4) is 0 Å². The molecule has 20 heavy (non-hydrogen) atoms. The molecule has 1 fully saturated rings. The van der Waals surface area contributed by atoms with Crippen LogP contribution in [0.1, 0.15) is 31.4 Å². The van der Waals surface area contributed by atoms with Crippen molar-refractivity contribution < 1.29 is 4.74 Å². The highest BCUT2D eigenvalue weighted by Gasteiger charge is 2.15. The molecule has 2 atom stereocenters. The Morgan fingerprint density at radius 1 is 1.40 bits per heavy atom. The Morgan fingerprint density at radius 3 is 2.80 bits per heavy atom. The van der Waals surface area contributed by atoms with E-state index in [-0.39, 0.29) is 0 Å². The average molecular weight is 297 g/mol. The number of benzene rings is 1. The van der Waals surface area contributed by atoms with Crippen LogP contribution in [0.4, 0.5) is 0 Å². The summed E-state index contributed by atoms with van der Waals surface area (Å²) >= 11 is 5.93. The zero-order chi connectivity index (χ0) is 14.4. The van der Waals surface area contributed by atoms with E-state index in [9.17, 15) is 0 Å². The van der Waals surface area contributed by atoms with E-state index in [1.54, 1.807) is 0 Å². The molecule has 0 amide bonds. The monoisotopic (exact) mass is 296 g/mol. The van der Waals surface area contributed by atoms with Crippen molar-refractivity contribution in [2.75, 3.05) is 33.3 Å². The van der Waals surface area contributed by atoms with Gasteiger partial charge in [-0.15, -0.1) is 0 Å². The summed E-state index contributed by atoms with van der Waals surface area (Å²) in [6.07, 6.45) is 2.83. The van der Waals surface area contributed by atoms with Gasteiger partial charge in [-0.3, -0.25) is 4.90 Å². The van der Waals surface area contributed by atoms with Gasteiger partial charge < -0.3 is 10.1 Å². The molecule has 2 unspecified atom stereocenters. The predicted octanol–water partition coefficient (Wildman–Crippen LogP) is 3.10. The van der Waals surface area contributed by atoms with Gasteiger partial charge in [-0.05, 0) is 44.5 Å². The van der Waals surface area contributed by atoms with E-state index in [0.29, 0.717) is 12.1 Å². The second-order valence-electron chi connectivity index (χ2n) is 5.55.